The molecule has 1 aromatic carbocycles. The van der Waals surface area contributed by atoms with Crippen molar-refractivity contribution in [3.63, 3.8) is 0 Å². The highest BCUT2D eigenvalue weighted by Gasteiger charge is 2.05. The van der Waals surface area contributed by atoms with Gasteiger partial charge in [-0.2, -0.15) is 0 Å². The van der Waals surface area contributed by atoms with Gasteiger partial charge < -0.3 is 10.1 Å². The molecule has 4 nitrogen and oxygen atoms in total. The predicted molar refractivity (Wildman–Crippen MR) is 73.0 cm³/mol. The van der Waals surface area contributed by atoms with Crippen molar-refractivity contribution in [2.45, 2.75) is 6.54 Å². The van der Waals surface area contributed by atoms with Crippen molar-refractivity contribution in [2.24, 2.45) is 0 Å². The highest BCUT2D eigenvalue weighted by atomic mass is 35.5. The summed E-state index contributed by atoms with van der Waals surface area (Å²) < 4.78 is 18.2. The van der Waals surface area contributed by atoms with Gasteiger partial charge in [0.25, 0.3) is 5.91 Å². The molecular weight excluding hydrogens is 283 g/mol. The van der Waals surface area contributed by atoms with Crippen LogP contribution < -0.4 is 10.1 Å². The van der Waals surface area contributed by atoms with E-state index in [1.807, 2.05) is 0 Å². The molecule has 0 unspecified atom stereocenters. The van der Waals surface area contributed by atoms with E-state index in [-0.39, 0.29) is 17.5 Å². The molecule has 0 saturated carbocycles. The van der Waals surface area contributed by atoms with Gasteiger partial charge in [0.05, 0.1) is 5.02 Å². The molecule has 0 aliphatic rings. The number of hydrogen-bond donors (Lipinski definition) is 1. The third kappa shape index (κ3) is 4.20. The molecule has 6 heteroatoms. The van der Waals surface area contributed by atoms with Gasteiger partial charge >= 0.3 is 0 Å². The predicted octanol–water partition coefficient (Wildman–Crippen LogP) is 2.57. The number of benzene rings is 1. The Morgan fingerprint density at radius 3 is 2.75 bits per heavy atom. The monoisotopic (exact) mass is 294 g/mol. The summed E-state index contributed by atoms with van der Waals surface area (Å²) in [7, 11) is 0. The zero-order chi connectivity index (χ0) is 14.4. The number of nitrogens with one attached hydrogen (secondary N) is 1. The summed E-state index contributed by atoms with van der Waals surface area (Å²) in [5.41, 5.74) is 0.943. The Morgan fingerprint density at radius 2 is 2.05 bits per heavy atom. The number of ether oxygens (including phenoxy) is 1. The maximum atomic E-state index is 12.9. The largest absolute Gasteiger partial charge is 0.484 e. The van der Waals surface area contributed by atoms with E-state index >= 15 is 0 Å². The summed E-state index contributed by atoms with van der Waals surface area (Å²) in [4.78, 5) is 15.5. The molecule has 2 aromatic rings. The van der Waals surface area contributed by atoms with Gasteiger partial charge in [-0.3, -0.25) is 9.78 Å². The quantitative estimate of drug-likeness (QED) is 0.922. The minimum absolute atomic E-state index is 0.0420. The second kappa shape index (κ2) is 6.86. The summed E-state index contributed by atoms with van der Waals surface area (Å²) >= 11 is 5.61. The maximum Gasteiger partial charge on any atom is 0.258 e. The van der Waals surface area contributed by atoms with Gasteiger partial charge in [0.15, 0.2) is 6.61 Å². The minimum atomic E-state index is -0.527. The Balaban J connectivity index is 1.79. The van der Waals surface area contributed by atoms with Crippen molar-refractivity contribution in [1.82, 2.24) is 10.3 Å². The molecule has 104 valence electrons. The lowest BCUT2D eigenvalue weighted by Crippen LogP contribution is -2.28. The van der Waals surface area contributed by atoms with Crippen LogP contribution in [0, 0.1) is 5.82 Å². The zero-order valence-electron chi connectivity index (χ0n) is 10.5. The Morgan fingerprint density at radius 1 is 1.30 bits per heavy atom. The fourth-order valence-corrected chi connectivity index (χ4v) is 1.64. The van der Waals surface area contributed by atoms with Crippen LogP contribution in [0.2, 0.25) is 5.02 Å². The van der Waals surface area contributed by atoms with Gasteiger partial charge in [0.2, 0.25) is 0 Å². The van der Waals surface area contributed by atoms with Crippen LogP contribution in [-0.4, -0.2) is 17.5 Å². The number of pyridine rings is 1. The van der Waals surface area contributed by atoms with Crippen molar-refractivity contribution in [3.05, 3.63) is 59.1 Å². The van der Waals surface area contributed by atoms with Crippen LogP contribution in [0.4, 0.5) is 4.39 Å². The Labute approximate surface area is 120 Å². The fraction of sp³-hybridized carbons (Fsp3) is 0.143. The van der Waals surface area contributed by atoms with Gasteiger partial charge in [-0.05, 0) is 29.8 Å². The summed E-state index contributed by atoms with van der Waals surface area (Å²) in [6.07, 6.45) is 3.30. The molecule has 1 amide bonds. The van der Waals surface area contributed by atoms with Gasteiger partial charge in [0, 0.05) is 25.0 Å². The van der Waals surface area contributed by atoms with E-state index in [1.165, 1.54) is 18.2 Å². The van der Waals surface area contributed by atoms with Crippen molar-refractivity contribution in [2.75, 3.05) is 6.61 Å². The van der Waals surface area contributed by atoms with Crippen LogP contribution >= 0.6 is 11.6 Å². The standard InChI is InChI=1S/C14H12ClFN2O2/c15-12-7-11(1-2-13(12)16)20-9-14(19)18-8-10-3-5-17-6-4-10/h1-7H,8-9H2,(H,18,19). The average molecular weight is 295 g/mol. The molecule has 0 spiro atoms. The van der Waals surface area contributed by atoms with Crippen LogP contribution in [0.25, 0.3) is 0 Å². The van der Waals surface area contributed by atoms with Gasteiger partial charge in [-0.15, -0.1) is 0 Å². The van der Waals surface area contributed by atoms with Crippen LogP contribution in [0.15, 0.2) is 42.7 Å². The smallest absolute Gasteiger partial charge is 0.258 e. The van der Waals surface area contributed by atoms with E-state index in [1.54, 1.807) is 24.5 Å². The molecule has 1 heterocycles. The van der Waals surface area contributed by atoms with Crippen LogP contribution in [0.1, 0.15) is 5.56 Å². The number of carbonyl (C=O) groups is 1. The van der Waals surface area contributed by atoms with Gasteiger partial charge in [0.1, 0.15) is 11.6 Å². The third-order valence-corrected chi connectivity index (χ3v) is 2.79. The molecular formula is C14H12ClFN2O2. The number of amides is 1. The van der Waals surface area contributed by atoms with Crippen LogP contribution in [-0.2, 0) is 11.3 Å². The van der Waals surface area contributed by atoms with Crippen molar-refractivity contribution in [1.29, 1.82) is 0 Å². The average Bonchev–Trinajstić information content (AvgIpc) is 2.47. The van der Waals surface area contributed by atoms with Crippen molar-refractivity contribution < 1.29 is 13.9 Å². The molecule has 0 bridgehead atoms. The maximum absolute atomic E-state index is 12.9. The van der Waals surface area contributed by atoms with E-state index in [4.69, 9.17) is 16.3 Å². The van der Waals surface area contributed by atoms with E-state index < -0.39 is 5.82 Å². The fourth-order valence-electron chi connectivity index (χ4n) is 1.47. The normalized spacial score (nSPS) is 10.1. The number of halogens is 2. The van der Waals surface area contributed by atoms with Gasteiger partial charge in [-0.1, -0.05) is 11.6 Å². The number of rotatable bonds is 5. The van der Waals surface area contributed by atoms with Crippen molar-refractivity contribution in [3.8, 4) is 5.75 Å². The minimum Gasteiger partial charge on any atom is -0.484 e. The zero-order valence-corrected chi connectivity index (χ0v) is 11.2. The lowest BCUT2D eigenvalue weighted by molar-refractivity contribution is -0.123. The SMILES string of the molecule is O=C(COc1ccc(F)c(Cl)c1)NCc1ccncc1. The first kappa shape index (κ1) is 14.3. The van der Waals surface area contributed by atoms with E-state index in [2.05, 4.69) is 10.3 Å². The van der Waals surface area contributed by atoms with Crippen LogP contribution in [0.3, 0.4) is 0 Å². The molecule has 2 rings (SSSR count). The molecule has 0 aliphatic carbocycles. The van der Waals surface area contributed by atoms with E-state index in [0.29, 0.717) is 12.3 Å². The first-order chi connectivity index (χ1) is 9.65. The van der Waals surface area contributed by atoms with Crippen molar-refractivity contribution >= 4 is 17.5 Å². The first-order valence-electron chi connectivity index (χ1n) is 5.88. The highest BCUT2D eigenvalue weighted by molar-refractivity contribution is 6.30. The third-order valence-electron chi connectivity index (χ3n) is 2.50. The topological polar surface area (TPSA) is 51.2 Å². The molecule has 1 aromatic heterocycles. The molecule has 1 N–H and O–H groups in total. The molecule has 0 atom stereocenters. The number of aromatic nitrogens is 1. The van der Waals surface area contributed by atoms with E-state index in [0.717, 1.165) is 5.56 Å². The Bertz CT molecular complexity index is 593. The highest BCUT2D eigenvalue weighted by Crippen LogP contribution is 2.20. The number of nitrogens with zero attached hydrogens (tertiary/aromatic N) is 1. The van der Waals surface area contributed by atoms with Crippen LogP contribution in [0.5, 0.6) is 5.75 Å². The first-order valence-corrected chi connectivity index (χ1v) is 6.26. The summed E-state index contributed by atoms with van der Waals surface area (Å²) in [6.45, 7) is 0.238. The second-order valence-corrected chi connectivity index (χ2v) is 4.40. The number of carbonyl (C=O) groups excluding carboxylic acids is 1. The lowest BCUT2D eigenvalue weighted by atomic mass is 10.3. The second-order valence-electron chi connectivity index (χ2n) is 4.00. The lowest BCUT2D eigenvalue weighted by Gasteiger charge is -2.08. The van der Waals surface area contributed by atoms with Gasteiger partial charge in [-0.25, -0.2) is 4.39 Å². The molecule has 20 heavy (non-hydrogen) atoms. The summed E-state index contributed by atoms with van der Waals surface area (Å²) in [5, 5.41) is 2.65. The number of hydrogen-bond acceptors (Lipinski definition) is 3. The Hall–Kier alpha value is -2.14. The van der Waals surface area contributed by atoms with E-state index in [9.17, 15) is 9.18 Å². The summed E-state index contributed by atoms with van der Waals surface area (Å²) in [6, 6.07) is 7.54. The molecule has 0 saturated heterocycles. The molecule has 0 aliphatic heterocycles. The molecule has 0 fully saturated rings. The molecule has 0 radical (unpaired) electrons. The summed E-state index contributed by atoms with van der Waals surface area (Å²) in [5.74, 6) is -0.459. The Kier molecular flexibility index (Phi) is 4.90.